The van der Waals surface area contributed by atoms with Crippen LogP contribution in [0.2, 0.25) is 0 Å². The van der Waals surface area contributed by atoms with Crippen LogP contribution < -0.4 is 5.32 Å². The fraction of sp³-hybridized carbons (Fsp3) is 0.857. The highest BCUT2D eigenvalue weighted by Crippen LogP contribution is 2.27. The fourth-order valence-electron chi connectivity index (χ4n) is 2.19. The molecule has 2 atom stereocenters. The van der Waals surface area contributed by atoms with Gasteiger partial charge >= 0.3 is 0 Å². The first-order chi connectivity index (χ1) is 8.97. The largest absolute Gasteiger partial charge is 0.378 e. The Morgan fingerprint density at radius 3 is 2.79 bits per heavy atom. The summed E-state index contributed by atoms with van der Waals surface area (Å²) in [7, 11) is 0. The molecule has 0 bridgehead atoms. The van der Waals surface area contributed by atoms with Crippen LogP contribution in [0.3, 0.4) is 0 Å². The van der Waals surface area contributed by atoms with Gasteiger partial charge in [-0.2, -0.15) is 17.0 Å². The number of nitrogens with zero attached hydrogens (tertiary/aromatic N) is 1. The first kappa shape index (κ1) is 16.3. The topological polar surface area (TPSA) is 62.1 Å². The van der Waals surface area contributed by atoms with Crippen molar-refractivity contribution in [3.05, 3.63) is 0 Å². The predicted octanol–water partition coefficient (Wildman–Crippen LogP) is 2.34. The molecular weight excluding hydrogens is 260 g/mol. The molecular formula is C14H24N2O2S. The molecule has 0 aromatic carbocycles. The molecule has 4 nitrogen and oxygen atoms in total. The van der Waals surface area contributed by atoms with Crippen molar-refractivity contribution >= 4 is 17.7 Å². The van der Waals surface area contributed by atoms with Crippen LogP contribution in [0.15, 0.2) is 0 Å². The van der Waals surface area contributed by atoms with Crippen LogP contribution in [0.25, 0.3) is 0 Å². The van der Waals surface area contributed by atoms with E-state index in [9.17, 15) is 4.79 Å². The van der Waals surface area contributed by atoms with Crippen LogP contribution in [0.5, 0.6) is 0 Å². The van der Waals surface area contributed by atoms with Gasteiger partial charge in [0.25, 0.3) is 0 Å². The summed E-state index contributed by atoms with van der Waals surface area (Å²) in [5.74, 6) is 2.15. The monoisotopic (exact) mass is 284 g/mol. The second-order valence-corrected chi connectivity index (χ2v) is 6.71. The SMILES string of the molecule is CC(C)C[C@H](C)OCCC(=O)N[C@@]1(C#N)CCSC1. The number of ether oxygens (including phenoxy) is 1. The van der Waals surface area contributed by atoms with E-state index in [1.165, 1.54) is 0 Å². The lowest BCUT2D eigenvalue weighted by molar-refractivity contribution is -0.123. The number of nitrogens with one attached hydrogen (secondary N) is 1. The van der Waals surface area contributed by atoms with Crippen molar-refractivity contribution in [2.24, 2.45) is 5.92 Å². The Morgan fingerprint density at radius 2 is 2.26 bits per heavy atom. The van der Waals surface area contributed by atoms with Crippen molar-refractivity contribution in [1.29, 1.82) is 5.26 Å². The van der Waals surface area contributed by atoms with E-state index in [-0.39, 0.29) is 12.0 Å². The van der Waals surface area contributed by atoms with Crippen LogP contribution in [-0.4, -0.2) is 35.7 Å². The van der Waals surface area contributed by atoms with Gasteiger partial charge in [-0.05, 0) is 31.4 Å². The lowest BCUT2D eigenvalue weighted by Crippen LogP contribution is -2.47. The van der Waals surface area contributed by atoms with E-state index in [1.807, 2.05) is 6.92 Å². The van der Waals surface area contributed by atoms with Gasteiger partial charge in [-0.1, -0.05) is 13.8 Å². The lowest BCUT2D eigenvalue weighted by Gasteiger charge is -2.21. The average Bonchev–Trinajstić information content (AvgIpc) is 2.77. The highest BCUT2D eigenvalue weighted by atomic mass is 32.2. The van der Waals surface area contributed by atoms with Gasteiger partial charge in [-0.25, -0.2) is 0 Å². The van der Waals surface area contributed by atoms with E-state index in [1.54, 1.807) is 11.8 Å². The van der Waals surface area contributed by atoms with Gasteiger partial charge in [0.2, 0.25) is 5.91 Å². The minimum Gasteiger partial charge on any atom is -0.378 e. The van der Waals surface area contributed by atoms with Crippen molar-refractivity contribution in [1.82, 2.24) is 5.32 Å². The van der Waals surface area contributed by atoms with Gasteiger partial charge in [-0.15, -0.1) is 0 Å². The summed E-state index contributed by atoms with van der Waals surface area (Å²) in [5, 5.41) is 12.0. The van der Waals surface area contributed by atoms with Gasteiger partial charge in [-0.3, -0.25) is 4.79 Å². The molecule has 0 unspecified atom stereocenters. The molecule has 1 aliphatic rings. The summed E-state index contributed by atoms with van der Waals surface area (Å²) in [6, 6.07) is 2.24. The number of hydrogen-bond donors (Lipinski definition) is 1. The quantitative estimate of drug-likeness (QED) is 0.779. The second kappa shape index (κ2) is 7.76. The van der Waals surface area contributed by atoms with Crippen molar-refractivity contribution in [3.63, 3.8) is 0 Å². The molecule has 0 aromatic rings. The Bertz CT molecular complexity index is 333. The van der Waals surface area contributed by atoms with Gasteiger partial charge in [0, 0.05) is 5.75 Å². The molecule has 1 fully saturated rings. The normalized spacial score (nSPS) is 24.2. The Hall–Kier alpha value is -0.730. The number of carbonyl (C=O) groups excluding carboxylic acids is 1. The molecule has 19 heavy (non-hydrogen) atoms. The van der Waals surface area contributed by atoms with Crippen LogP contribution >= 0.6 is 11.8 Å². The third kappa shape index (κ3) is 5.84. The molecule has 5 heteroatoms. The first-order valence-electron chi connectivity index (χ1n) is 6.89. The maximum absolute atomic E-state index is 11.8. The summed E-state index contributed by atoms with van der Waals surface area (Å²) >= 11 is 1.71. The molecule has 1 saturated heterocycles. The van der Waals surface area contributed by atoms with Crippen LogP contribution in [0, 0.1) is 17.2 Å². The molecule has 1 aliphatic heterocycles. The van der Waals surface area contributed by atoms with Crippen molar-refractivity contribution in [2.75, 3.05) is 18.1 Å². The molecule has 0 radical (unpaired) electrons. The van der Waals surface area contributed by atoms with E-state index in [0.717, 1.165) is 18.6 Å². The van der Waals surface area contributed by atoms with E-state index in [0.29, 0.717) is 24.7 Å². The maximum atomic E-state index is 11.8. The number of rotatable bonds is 7. The molecule has 0 saturated carbocycles. The van der Waals surface area contributed by atoms with Crippen molar-refractivity contribution < 1.29 is 9.53 Å². The predicted molar refractivity (Wildman–Crippen MR) is 77.9 cm³/mol. The minimum absolute atomic E-state index is 0.0826. The summed E-state index contributed by atoms with van der Waals surface area (Å²) in [6.07, 6.45) is 2.25. The lowest BCUT2D eigenvalue weighted by atomic mass is 10.0. The van der Waals surface area contributed by atoms with E-state index >= 15 is 0 Å². The molecule has 1 N–H and O–H groups in total. The van der Waals surface area contributed by atoms with E-state index in [4.69, 9.17) is 10.00 Å². The van der Waals surface area contributed by atoms with Crippen molar-refractivity contribution in [2.45, 2.75) is 51.7 Å². The number of amides is 1. The highest BCUT2D eigenvalue weighted by molar-refractivity contribution is 7.99. The number of thioether (sulfide) groups is 1. The molecule has 108 valence electrons. The van der Waals surface area contributed by atoms with Crippen LogP contribution in [0.4, 0.5) is 0 Å². The van der Waals surface area contributed by atoms with Gasteiger partial charge < -0.3 is 10.1 Å². The van der Waals surface area contributed by atoms with Crippen LogP contribution in [-0.2, 0) is 9.53 Å². The van der Waals surface area contributed by atoms with Gasteiger partial charge in [0.05, 0.1) is 25.2 Å². The van der Waals surface area contributed by atoms with Gasteiger partial charge in [0.15, 0.2) is 0 Å². The zero-order valence-electron chi connectivity index (χ0n) is 12.1. The van der Waals surface area contributed by atoms with Crippen molar-refractivity contribution in [3.8, 4) is 6.07 Å². The second-order valence-electron chi connectivity index (χ2n) is 5.61. The Morgan fingerprint density at radius 1 is 1.53 bits per heavy atom. The third-order valence-electron chi connectivity index (χ3n) is 3.15. The Kier molecular flexibility index (Phi) is 6.67. The van der Waals surface area contributed by atoms with Gasteiger partial charge in [0.1, 0.15) is 5.54 Å². The maximum Gasteiger partial charge on any atom is 0.223 e. The highest BCUT2D eigenvalue weighted by Gasteiger charge is 2.35. The third-order valence-corrected chi connectivity index (χ3v) is 4.34. The molecule has 1 heterocycles. The fourth-order valence-corrected chi connectivity index (χ4v) is 3.46. The first-order valence-corrected chi connectivity index (χ1v) is 8.04. The summed E-state index contributed by atoms with van der Waals surface area (Å²) < 4.78 is 5.61. The average molecular weight is 284 g/mol. The van der Waals surface area contributed by atoms with E-state index in [2.05, 4.69) is 25.2 Å². The number of nitriles is 1. The zero-order valence-corrected chi connectivity index (χ0v) is 12.9. The smallest absolute Gasteiger partial charge is 0.223 e. The Balaban J connectivity index is 2.23. The summed E-state index contributed by atoms with van der Waals surface area (Å²) in [4.78, 5) is 11.8. The molecule has 0 aliphatic carbocycles. The minimum atomic E-state index is -0.648. The molecule has 0 aromatic heterocycles. The molecule has 1 rings (SSSR count). The standard InChI is InChI=1S/C14H24N2O2S/c1-11(2)8-12(3)18-6-4-13(17)16-14(9-15)5-7-19-10-14/h11-12H,4-8,10H2,1-3H3,(H,16,17)/t12-,14+/m0/s1. The van der Waals surface area contributed by atoms with Crippen LogP contribution in [0.1, 0.15) is 40.0 Å². The zero-order chi connectivity index (χ0) is 14.3. The summed E-state index contributed by atoms with van der Waals surface area (Å²) in [6.45, 7) is 6.76. The summed E-state index contributed by atoms with van der Waals surface area (Å²) in [5.41, 5.74) is -0.648. The molecule has 1 amide bonds. The molecule has 0 spiro atoms. The van der Waals surface area contributed by atoms with E-state index < -0.39 is 5.54 Å². The number of hydrogen-bond acceptors (Lipinski definition) is 4. The Labute approximate surface area is 120 Å². The number of carbonyl (C=O) groups is 1.